The zero-order chi connectivity index (χ0) is 15.4. The second-order valence-electron chi connectivity index (χ2n) is 5.20. The first-order valence-electron chi connectivity index (χ1n) is 7.08. The Labute approximate surface area is 129 Å². The summed E-state index contributed by atoms with van der Waals surface area (Å²) in [6, 6.07) is 17.6. The average Bonchev–Trinajstić information content (AvgIpc) is 2.97. The van der Waals surface area contributed by atoms with Crippen LogP contribution in [0.15, 0.2) is 60.9 Å². The van der Waals surface area contributed by atoms with Crippen molar-refractivity contribution in [1.82, 2.24) is 9.55 Å². The van der Waals surface area contributed by atoms with E-state index in [2.05, 4.69) is 15.6 Å². The van der Waals surface area contributed by atoms with Crippen LogP contribution in [0.3, 0.4) is 0 Å². The summed E-state index contributed by atoms with van der Waals surface area (Å²) in [5, 5.41) is 8.84. The normalized spacial score (nSPS) is 10.3. The molecule has 0 aliphatic rings. The summed E-state index contributed by atoms with van der Waals surface area (Å²) in [5.41, 5.74) is 9.49. The summed E-state index contributed by atoms with van der Waals surface area (Å²) in [7, 11) is 0. The minimum Gasteiger partial charge on any atom is -0.399 e. The van der Waals surface area contributed by atoms with Crippen LogP contribution >= 0.6 is 0 Å². The fourth-order valence-corrected chi connectivity index (χ4v) is 2.35. The molecule has 0 radical (unpaired) electrons. The van der Waals surface area contributed by atoms with E-state index in [1.54, 1.807) is 0 Å². The molecule has 0 spiro atoms. The number of hydrogen-bond acceptors (Lipinski definition) is 3. The highest BCUT2D eigenvalue weighted by molar-refractivity contribution is 5.40. The summed E-state index contributed by atoms with van der Waals surface area (Å²) in [5.74, 6) is 1.01. The fraction of sp³-hybridized carbons (Fsp3) is 0.111. The topological polar surface area (TPSA) is 67.6 Å². The number of nitriles is 1. The molecule has 2 N–H and O–H groups in total. The third kappa shape index (κ3) is 3.15. The molecule has 0 saturated carbocycles. The summed E-state index contributed by atoms with van der Waals surface area (Å²) < 4.78 is 2.12. The van der Waals surface area contributed by atoms with E-state index in [4.69, 9.17) is 11.0 Å². The Morgan fingerprint density at radius 3 is 2.36 bits per heavy atom. The van der Waals surface area contributed by atoms with Gasteiger partial charge in [-0.15, -0.1) is 0 Å². The third-order valence-electron chi connectivity index (χ3n) is 3.58. The van der Waals surface area contributed by atoms with Gasteiger partial charge in [-0.1, -0.05) is 24.3 Å². The largest absolute Gasteiger partial charge is 0.399 e. The van der Waals surface area contributed by atoms with E-state index < -0.39 is 0 Å². The number of benzene rings is 2. The molecule has 3 rings (SSSR count). The minimum atomic E-state index is 0.677. The lowest BCUT2D eigenvalue weighted by atomic mass is 10.1. The molecule has 1 heterocycles. The minimum absolute atomic E-state index is 0.677. The van der Waals surface area contributed by atoms with Crippen LogP contribution in [0.5, 0.6) is 0 Å². The Kier molecular flexibility index (Phi) is 3.88. The monoisotopic (exact) mass is 288 g/mol. The van der Waals surface area contributed by atoms with Crippen molar-refractivity contribution in [1.29, 1.82) is 5.26 Å². The molecule has 0 unspecified atom stereocenters. The van der Waals surface area contributed by atoms with Crippen LogP contribution in [0.1, 0.15) is 22.5 Å². The van der Waals surface area contributed by atoms with Crippen LogP contribution in [-0.4, -0.2) is 9.55 Å². The van der Waals surface area contributed by atoms with Crippen LogP contribution < -0.4 is 5.73 Å². The van der Waals surface area contributed by atoms with E-state index in [-0.39, 0.29) is 0 Å². The standard InChI is InChI=1S/C18H16N4/c19-12-15-1-3-16(4-2-15)13-22-10-9-21-18(22)11-14-5-7-17(20)8-6-14/h1-10H,11,13,20H2. The van der Waals surface area contributed by atoms with Crippen molar-refractivity contribution in [2.45, 2.75) is 13.0 Å². The zero-order valence-electron chi connectivity index (χ0n) is 12.1. The predicted molar refractivity (Wildman–Crippen MR) is 86.1 cm³/mol. The molecule has 0 atom stereocenters. The lowest BCUT2D eigenvalue weighted by Gasteiger charge is -2.08. The van der Waals surface area contributed by atoms with Crippen molar-refractivity contribution in [3.05, 3.63) is 83.4 Å². The lowest BCUT2D eigenvalue weighted by molar-refractivity contribution is 0.740. The molecule has 0 fully saturated rings. The van der Waals surface area contributed by atoms with E-state index in [0.29, 0.717) is 5.56 Å². The van der Waals surface area contributed by atoms with Gasteiger partial charge in [0.1, 0.15) is 5.82 Å². The van der Waals surface area contributed by atoms with Crippen molar-refractivity contribution < 1.29 is 0 Å². The molecule has 0 bridgehead atoms. The maximum atomic E-state index is 8.84. The van der Waals surface area contributed by atoms with Crippen LogP contribution in [0, 0.1) is 11.3 Å². The van der Waals surface area contributed by atoms with Gasteiger partial charge in [-0.3, -0.25) is 0 Å². The van der Waals surface area contributed by atoms with Gasteiger partial charge >= 0.3 is 0 Å². The smallest absolute Gasteiger partial charge is 0.113 e. The Balaban J connectivity index is 1.76. The highest BCUT2D eigenvalue weighted by atomic mass is 15.1. The van der Waals surface area contributed by atoms with Crippen molar-refractivity contribution in [2.24, 2.45) is 0 Å². The van der Waals surface area contributed by atoms with Crippen molar-refractivity contribution >= 4 is 5.69 Å². The Hall–Kier alpha value is -3.06. The molecule has 0 amide bonds. The zero-order valence-corrected chi connectivity index (χ0v) is 12.1. The molecule has 4 nitrogen and oxygen atoms in total. The molecular formula is C18H16N4. The summed E-state index contributed by atoms with van der Waals surface area (Å²) in [4.78, 5) is 4.44. The number of nitrogen functional groups attached to an aromatic ring is 1. The van der Waals surface area contributed by atoms with Crippen molar-refractivity contribution in [3.63, 3.8) is 0 Å². The molecule has 0 saturated heterocycles. The highest BCUT2D eigenvalue weighted by Gasteiger charge is 2.05. The number of aromatic nitrogens is 2. The van der Waals surface area contributed by atoms with E-state index in [1.807, 2.05) is 60.9 Å². The number of anilines is 1. The lowest BCUT2D eigenvalue weighted by Crippen LogP contribution is -2.05. The Bertz CT molecular complexity index is 792. The second kappa shape index (κ2) is 6.15. The van der Waals surface area contributed by atoms with E-state index in [9.17, 15) is 0 Å². The van der Waals surface area contributed by atoms with Gasteiger partial charge in [0.2, 0.25) is 0 Å². The Morgan fingerprint density at radius 2 is 1.68 bits per heavy atom. The van der Waals surface area contributed by atoms with Gasteiger partial charge in [0, 0.05) is 31.0 Å². The van der Waals surface area contributed by atoms with Crippen LogP contribution in [0.4, 0.5) is 5.69 Å². The van der Waals surface area contributed by atoms with E-state index >= 15 is 0 Å². The van der Waals surface area contributed by atoms with Gasteiger partial charge < -0.3 is 10.3 Å². The van der Waals surface area contributed by atoms with Gasteiger partial charge in [0.25, 0.3) is 0 Å². The SMILES string of the molecule is N#Cc1ccc(Cn2ccnc2Cc2ccc(N)cc2)cc1. The molecule has 108 valence electrons. The van der Waals surface area contributed by atoms with E-state index in [1.165, 1.54) is 5.56 Å². The average molecular weight is 288 g/mol. The van der Waals surface area contributed by atoms with Crippen LogP contribution in [0.25, 0.3) is 0 Å². The molecule has 22 heavy (non-hydrogen) atoms. The predicted octanol–water partition coefficient (Wildman–Crippen LogP) is 2.98. The summed E-state index contributed by atoms with van der Waals surface area (Å²) in [6.07, 6.45) is 4.56. The number of imidazole rings is 1. The number of rotatable bonds is 4. The summed E-state index contributed by atoms with van der Waals surface area (Å²) in [6.45, 7) is 0.746. The van der Waals surface area contributed by atoms with Crippen LogP contribution in [0.2, 0.25) is 0 Å². The van der Waals surface area contributed by atoms with E-state index in [0.717, 1.165) is 30.0 Å². The first-order chi connectivity index (χ1) is 10.7. The first kappa shape index (κ1) is 13.9. The van der Waals surface area contributed by atoms with Gasteiger partial charge in [-0.05, 0) is 35.4 Å². The van der Waals surface area contributed by atoms with Gasteiger partial charge in [-0.2, -0.15) is 5.26 Å². The molecule has 0 aliphatic heterocycles. The summed E-state index contributed by atoms with van der Waals surface area (Å²) >= 11 is 0. The third-order valence-corrected chi connectivity index (χ3v) is 3.58. The Morgan fingerprint density at radius 1 is 1.00 bits per heavy atom. The molecule has 4 heteroatoms. The van der Waals surface area contributed by atoms with Crippen molar-refractivity contribution in [2.75, 3.05) is 5.73 Å². The van der Waals surface area contributed by atoms with Crippen molar-refractivity contribution in [3.8, 4) is 6.07 Å². The molecule has 1 aromatic heterocycles. The molecule has 0 aliphatic carbocycles. The quantitative estimate of drug-likeness (QED) is 0.750. The number of nitrogens with two attached hydrogens (primary N) is 1. The maximum Gasteiger partial charge on any atom is 0.113 e. The molecule has 3 aromatic rings. The first-order valence-corrected chi connectivity index (χ1v) is 7.08. The number of hydrogen-bond donors (Lipinski definition) is 1. The van der Waals surface area contributed by atoms with Crippen LogP contribution in [-0.2, 0) is 13.0 Å². The van der Waals surface area contributed by atoms with Gasteiger partial charge in [0.05, 0.1) is 11.6 Å². The van der Waals surface area contributed by atoms with Gasteiger partial charge in [-0.25, -0.2) is 4.98 Å². The fourth-order valence-electron chi connectivity index (χ4n) is 2.35. The number of nitrogens with zero attached hydrogens (tertiary/aromatic N) is 3. The molecular weight excluding hydrogens is 272 g/mol. The second-order valence-corrected chi connectivity index (χ2v) is 5.20. The maximum absolute atomic E-state index is 8.84. The molecule has 2 aromatic carbocycles. The highest BCUT2D eigenvalue weighted by Crippen LogP contribution is 2.13. The van der Waals surface area contributed by atoms with Gasteiger partial charge in [0.15, 0.2) is 0 Å².